The zero-order valence-electron chi connectivity index (χ0n) is 15.0. The largest absolute Gasteiger partial charge is 0.365 e. The van der Waals surface area contributed by atoms with E-state index < -0.39 is 0 Å². The first-order chi connectivity index (χ1) is 10.8. The molecule has 1 heterocycles. The summed E-state index contributed by atoms with van der Waals surface area (Å²) in [6.07, 6.45) is 7.60. The van der Waals surface area contributed by atoms with E-state index in [9.17, 15) is 0 Å². The lowest BCUT2D eigenvalue weighted by Gasteiger charge is -2.50. The first-order valence-electron chi connectivity index (χ1n) is 9.40. The van der Waals surface area contributed by atoms with Crippen LogP contribution in [0.1, 0.15) is 66.2 Å². The van der Waals surface area contributed by atoms with Crippen LogP contribution in [0.25, 0.3) is 0 Å². The van der Waals surface area contributed by atoms with Gasteiger partial charge in [0.1, 0.15) is 0 Å². The summed E-state index contributed by atoms with van der Waals surface area (Å²) in [5, 5.41) is 0. The van der Waals surface area contributed by atoms with Crippen molar-refractivity contribution in [2.75, 3.05) is 22.9 Å². The van der Waals surface area contributed by atoms with Gasteiger partial charge >= 0.3 is 0 Å². The van der Waals surface area contributed by atoms with Crippen molar-refractivity contribution in [1.29, 1.82) is 0 Å². The molecule has 0 saturated heterocycles. The third kappa shape index (κ3) is 3.42. The van der Waals surface area contributed by atoms with E-state index in [1.165, 1.54) is 63.0 Å². The monoisotopic (exact) mass is 302 g/mol. The summed E-state index contributed by atoms with van der Waals surface area (Å²) < 4.78 is 0. The molecule has 0 aromatic heterocycles. The van der Waals surface area contributed by atoms with Crippen LogP contribution in [0.5, 0.6) is 0 Å². The molecular weight excluding hydrogens is 268 g/mol. The van der Waals surface area contributed by atoms with E-state index >= 15 is 0 Å². The van der Waals surface area contributed by atoms with Crippen LogP contribution in [0.3, 0.4) is 0 Å². The Morgan fingerprint density at radius 1 is 0.682 bits per heavy atom. The molecule has 0 fully saturated rings. The molecule has 124 valence electrons. The minimum atomic E-state index is 0.673. The second kappa shape index (κ2) is 8.45. The molecule has 2 heteroatoms. The maximum atomic E-state index is 2.71. The van der Waals surface area contributed by atoms with Crippen molar-refractivity contribution >= 4 is 11.4 Å². The number of rotatable bonds is 8. The first kappa shape index (κ1) is 17.2. The highest BCUT2D eigenvalue weighted by Crippen LogP contribution is 2.40. The fraction of sp³-hybridized carbons (Fsp3) is 0.700. The van der Waals surface area contributed by atoms with E-state index in [1.807, 2.05) is 0 Å². The van der Waals surface area contributed by atoms with Crippen molar-refractivity contribution in [2.45, 2.75) is 78.3 Å². The zero-order chi connectivity index (χ0) is 15.9. The van der Waals surface area contributed by atoms with Crippen LogP contribution in [0, 0.1) is 0 Å². The van der Waals surface area contributed by atoms with Gasteiger partial charge in [0, 0.05) is 25.2 Å². The van der Waals surface area contributed by atoms with Gasteiger partial charge in [0.2, 0.25) is 0 Å². The predicted octanol–water partition coefficient (Wildman–Crippen LogP) is 5.47. The Bertz CT molecular complexity index is 402. The zero-order valence-corrected chi connectivity index (χ0v) is 15.0. The van der Waals surface area contributed by atoms with Crippen LogP contribution in [-0.4, -0.2) is 25.2 Å². The minimum absolute atomic E-state index is 0.673. The van der Waals surface area contributed by atoms with Crippen molar-refractivity contribution in [1.82, 2.24) is 0 Å². The fourth-order valence-corrected chi connectivity index (χ4v) is 4.06. The number of hydrogen-bond donors (Lipinski definition) is 0. The van der Waals surface area contributed by atoms with Crippen molar-refractivity contribution in [2.24, 2.45) is 0 Å². The third-order valence-electron chi connectivity index (χ3n) is 4.84. The Kier molecular flexibility index (Phi) is 6.60. The average Bonchev–Trinajstić information content (AvgIpc) is 2.54. The normalized spacial score (nSPS) is 21.1. The lowest BCUT2D eigenvalue weighted by atomic mass is 9.91. The maximum absolute atomic E-state index is 2.71. The number of benzene rings is 1. The van der Waals surface area contributed by atoms with E-state index in [0.717, 1.165) is 0 Å². The average molecular weight is 303 g/mol. The second-order valence-electron chi connectivity index (χ2n) is 6.59. The van der Waals surface area contributed by atoms with E-state index in [1.54, 1.807) is 0 Å². The molecule has 0 N–H and O–H groups in total. The molecule has 0 spiro atoms. The number of nitrogens with zero attached hydrogens (tertiary/aromatic N) is 2. The van der Waals surface area contributed by atoms with Gasteiger partial charge < -0.3 is 9.80 Å². The molecule has 2 unspecified atom stereocenters. The van der Waals surface area contributed by atoms with E-state index in [0.29, 0.717) is 12.1 Å². The summed E-state index contributed by atoms with van der Waals surface area (Å²) in [6, 6.07) is 10.4. The molecule has 0 bridgehead atoms. The SMILES string of the molecule is CCCC1C(CCC)N(CCC)c2ccccc2N1CCC. The van der Waals surface area contributed by atoms with Crippen LogP contribution >= 0.6 is 0 Å². The second-order valence-corrected chi connectivity index (χ2v) is 6.59. The van der Waals surface area contributed by atoms with Crippen LogP contribution in [0.4, 0.5) is 11.4 Å². The molecule has 2 atom stereocenters. The van der Waals surface area contributed by atoms with E-state index in [-0.39, 0.29) is 0 Å². The van der Waals surface area contributed by atoms with Crippen molar-refractivity contribution in [3.8, 4) is 0 Å². The molecule has 0 aliphatic carbocycles. The van der Waals surface area contributed by atoms with Crippen LogP contribution in [-0.2, 0) is 0 Å². The van der Waals surface area contributed by atoms with Gasteiger partial charge in [0.15, 0.2) is 0 Å². The van der Waals surface area contributed by atoms with Gasteiger partial charge in [-0.25, -0.2) is 0 Å². The molecule has 2 nitrogen and oxygen atoms in total. The number of hydrogen-bond acceptors (Lipinski definition) is 2. The molecule has 1 aliphatic rings. The number of para-hydroxylation sites is 2. The highest BCUT2D eigenvalue weighted by Gasteiger charge is 2.36. The van der Waals surface area contributed by atoms with Gasteiger partial charge in [-0.1, -0.05) is 52.7 Å². The summed E-state index contributed by atoms with van der Waals surface area (Å²) in [5.41, 5.74) is 2.92. The third-order valence-corrected chi connectivity index (χ3v) is 4.84. The van der Waals surface area contributed by atoms with Crippen molar-refractivity contribution < 1.29 is 0 Å². The Morgan fingerprint density at radius 2 is 1.09 bits per heavy atom. The van der Waals surface area contributed by atoms with Crippen LogP contribution < -0.4 is 9.80 Å². The van der Waals surface area contributed by atoms with E-state index in [2.05, 4.69) is 61.8 Å². The van der Waals surface area contributed by atoms with Gasteiger partial charge in [-0.2, -0.15) is 0 Å². The van der Waals surface area contributed by atoms with Crippen LogP contribution in [0.15, 0.2) is 24.3 Å². The van der Waals surface area contributed by atoms with Crippen molar-refractivity contribution in [3.63, 3.8) is 0 Å². The summed E-state index contributed by atoms with van der Waals surface area (Å²) in [6.45, 7) is 11.6. The topological polar surface area (TPSA) is 6.48 Å². The minimum Gasteiger partial charge on any atom is -0.365 e. The van der Waals surface area contributed by atoms with Gasteiger partial charge in [-0.05, 0) is 37.8 Å². The molecule has 1 aliphatic heterocycles. The first-order valence-corrected chi connectivity index (χ1v) is 9.40. The smallest absolute Gasteiger partial charge is 0.0607 e. The summed E-state index contributed by atoms with van der Waals surface area (Å²) >= 11 is 0. The molecule has 0 amide bonds. The standard InChI is InChI=1S/C20H34N2/c1-5-11-17-18(12-6-2)22(16-8-4)20-14-10-9-13-19(20)21(17)15-7-3/h9-10,13-14,17-18H,5-8,11-12,15-16H2,1-4H3. The highest BCUT2D eigenvalue weighted by atomic mass is 15.3. The Hall–Kier alpha value is -1.18. The lowest BCUT2D eigenvalue weighted by Crippen LogP contribution is -2.56. The highest BCUT2D eigenvalue weighted by molar-refractivity contribution is 5.75. The van der Waals surface area contributed by atoms with Crippen molar-refractivity contribution in [3.05, 3.63) is 24.3 Å². The van der Waals surface area contributed by atoms with Crippen LogP contribution in [0.2, 0.25) is 0 Å². The molecule has 2 rings (SSSR count). The number of anilines is 2. The summed E-state index contributed by atoms with van der Waals surface area (Å²) in [5.74, 6) is 0. The predicted molar refractivity (Wildman–Crippen MR) is 99.1 cm³/mol. The Balaban J connectivity index is 2.46. The molecule has 1 aromatic rings. The molecule has 22 heavy (non-hydrogen) atoms. The number of fused-ring (bicyclic) bond motifs is 1. The molecule has 1 aromatic carbocycles. The summed E-state index contributed by atoms with van der Waals surface area (Å²) in [7, 11) is 0. The van der Waals surface area contributed by atoms with E-state index in [4.69, 9.17) is 0 Å². The molecule has 0 radical (unpaired) electrons. The van der Waals surface area contributed by atoms with Gasteiger partial charge in [-0.3, -0.25) is 0 Å². The Morgan fingerprint density at radius 3 is 1.41 bits per heavy atom. The van der Waals surface area contributed by atoms with Gasteiger partial charge in [0.25, 0.3) is 0 Å². The fourth-order valence-electron chi connectivity index (χ4n) is 4.06. The quantitative estimate of drug-likeness (QED) is 0.628. The Labute approximate surface area is 137 Å². The molecular formula is C20H34N2. The lowest BCUT2D eigenvalue weighted by molar-refractivity contribution is 0.390. The van der Waals surface area contributed by atoms with Gasteiger partial charge in [0.05, 0.1) is 11.4 Å². The maximum Gasteiger partial charge on any atom is 0.0607 e. The van der Waals surface area contributed by atoms with Gasteiger partial charge in [-0.15, -0.1) is 0 Å². The molecule has 0 saturated carbocycles. The summed E-state index contributed by atoms with van der Waals surface area (Å²) in [4.78, 5) is 5.43.